The number of aliphatic hydroxyl groups is 1. The molecule has 0 aliphatic heterocycles. The Morgan fingerprint density at radius 3 is 2.56 bits per heavy atom. The van der Waals surface area contributed by atoms with Gasteiger partial charge in [0.15, 0.2) is 0 Å². The predicted molar refractivity (Wildman–Crippen MR) is 65.9 cm³/mol. The lowest BCUT2D eigenvalue weighted by atomic mass is 9.96. The van der Waals surface area contributed by atoms with Crippen LogP contribution in [0.3, 0.4) is 0 Å². The van der Waals surface area contributed by atoms with Crippen molar-refractivity contribution in [2.24, 2.45) is 0 Å². The fourth-order valence-corrected chi connectivity index (χ4v) is 1.28. The zero-order valence-electron chi connectivity index (χ0n) is 10.1. The molecule has 0 aliphatic rings. The van der Waals surface area contributed by atoms with Gasteiger partial charge in [0, 0.05) is 18.0 Å². The van der Waals surface area contributed by atoms with Crippen LogP contribution in [0.2, 0.25) is 5.15 Å². The maximum absolute atomic E-state index is 9.17. The minimum Gasteiger partial charge on any atom is -0.392 e. The van der Waals surface area contributed by atoms with Crippen molar-refractivity contribution < 1.29 is 5.11 Å². The second-order valence-corrected chi connectivity index (χ2v) is 5.27. The van der Waals surface area contributed by atoms with Gasteiger partial charge in [0.1, 0.15) is 16.8 Å². The summed E-state index contributed by atoms with van der Waals surface area (Å²) >= 11 is 5.92. The molecule has 16 heavy (non-hydrogen) atoms. The maximum Gasteiger partial charge on any atom is 0.137 e. The van der Waals surface area contributed by atoms with Gasteiger partial charge in [-0.25, -0.2) is 9.97 Å². The summed E-state index contributed by atoms with van der Waals surface area (Å²) < 4.78 is 0. The van der Waals surface area contributed by atoms with Gasteiger partial charge < -0.3 is 10.4 Å². The van der Waals surface area contributed by atoms with E-state index in [0.717, 1.165) is 0 Å². The predicted octanol–water partition coefficient (Wildman–Crippen LogP) is 2.22. The highest BCUT2D eigenvalue weighted by molar-refractivity contribution is 6.29. The molecular weight excluding hydrogens is 226 g/mol. The highest BCUT2D eigenvalue weighted by Gasteiger charge is 2.18. The fraction of sp³-hybridized carbons (Fsp3) is 0.636. The lowest BCUT2D eigenvalue weighted by Crippen LogP contribution is -2.20. The smallest absolute Gasteiger partial charge is 0.137 e. The number of aliphatic hydroxyl groups excluding tert-OH is 1. The summed E-state index contributed by atoms with van der Waals surface area (Å²) in [7, 11) is 0. The Morgan fingerprint density at radius 2 is 2.06 bits per heavy atom. The van der Waals surface area contributed by atoms with Crippen molar-refractivity contribution >= 4 is 17.4 Å². The SMILES string of the molecule is CC(O)CNc1cc(Cl)nc(C(C)(C)C)n1. The molecule has 0 saturated carbocycles. The number of anilines is 1. The van der Waals surface area contributed by atoms with E-state index in [9.17, 15) is 5.11 Å². The lowest BCUT2D eigenvalue weighted by molar-refractivity contribution is 0.208. The molecular formula is C11H18ClN3O. The van der Waals surface area contributed by atoms with Crippen LogP contribution in [0.15, 0.2) is 6.07 Å². The van der Waals surface area contributed by atoms with Crippen molar-refractivity contribution in [3.05, 3.63) is 17.0 Å². The summed E-state index contributed by atoms with van der Waals surface area (Å²) in [6.07, 6.45) is -0.424. The second kappa shape index (κ2) is 4.97. The van der Waals surface area contributed by atoms with E-state index in [0.29, 0.717) is 23.3 Å². The van der Waals surface area contributed by atoms with E-state index in [1.807, 2.05) is 20.8 Å². The summed E-state index contributed by atoms with van der Waals surface area (Å²) in [4.78, 5) is 8.54. The van der Waals surface area contributed by atoms with Gasteiger partial charge in [0.05, 0.1) is 6.10 Å². The van der Waals surface area contributed by atoms with Gasteiger partial charge in [0.2, 0.25) is 0 Å². The molecule has 90 valence electrons. The highest BCUT2D eigenvalue weighted by atomic mass is 35.5. The Balaban J connectivity index is 2.90. The number of aromatic nitrogens is 2. The van der Waals surface area contributed by atoms with Crippen LogP contribution >= 0.6 is 11.6 Å². The number of rotatable bonds is 3. The Kier molecular flexibility index (Phi) is 4.10. The van der Waals surface area contributed by atoms with E-state index in [-0.39, 0.29) is 5.41 Å². The van der Waals surface area contributed by atoms with Crippen LogP contribution < -0.4 is 5.32 Å². The first-order chi connectivity index (χ1) is 7.29. The normalized spacial score (nSPS) is 13.6. The first-order valence-corrected chi connectivity index (χ1v) is 5.64. The molecule has 1 rings (SSSR count). The number of nitrogens with zero attached hydrogens (tertiary/aromatic N) is 2. The number of hydrogen-bond donors (Lipinski definition) is 2. The molecule has 0 spiro atoms. The van der Waals surface area contributed by atoms with E-state index in [2.05, 4.69) is 15.3 Å². The number of hydrogen-bond acceptors (Lipinski definition) is 4. The maximum atomic E-state index is 9.17. The van der Waals surface area contributed by atoms with Gasteiger partial charge in [-0.15, -0.1) is 0 Å². The molecule has 5 heteroatoms. The van der Waals surface area contributed by atoms with Crippen LogP contribution in [0.4, 0.5) is 5.82 Å². The number of halogens is 1. The van der Waals surface area contributed by atoms with Gasteiger partial charge in [-0.1, -0.05) is 32.4 Å². The molecule has 2 N–H and O–H groups in total. The van der Waals surface area contributed by atoms with E-state index >= 15 is 0 Å². The molecule has 1 aromatic heterocycles. The van der Waals surface area contributed by atoms with Crippen molar-refractivity contribution in [2.45, 2.75) is 39.2 Å². The van der Waals surface area contributed by atoms with Gasteiger partial charge in [0.25, 0.3) is 0 Å². The topological polar surface area (TPSA) is 58.0 Å². The summed E-state index contributed by atoms with van der Waals surface area (Å²) in [5.74, 6) is 1.33. The standard InChI is InChI=1S/C11H18ClN3O/c1-7(16)6-13-9-5-8(12)14-10(15-9)11(2,3)4/h5,7,16H,6H2,1-4H3,(H,13,14,15). The van der Waals surface area contributed by atoms with Crippen molar-refractivity contribution in [3.8, 4) is 0 Å². The quantitative estimate of drug-likeness (QED) is 0.800. The summed E-state index contributed by atoms with van der Waals surface area (Å²) in [5, 5.41) is 12.6. The van der Waals surface area contributed by atoms with Crippen molar-refractivity contribution in [2.75, 3.05) is 11.9 Å². The van der Waals surface area contributed by atoms with Crippen LogP contribution in [0.25, 0.3) is 0 Å². The Bertz CT molecular complexity index is 361. The Hall–Kier alpha value is -0.870. The third-order valence-electron chi connectivity index (χ3n) is 1.94. The molecule has 0 amide bonds. The minimum atomic E-state index is -0.424. The molecule has 0 aromatic carbocycles. The Morgan fingerprint density at radius 1 is 1.44 bits per heavy atom. The van der Waals surface area contributed by atoms with Crippen LogP contribution in [0, 0.1) is 0 Å². The minimum absolute atomic E-state index is 0.147. The van der Waals surface area contributed by atoms with E-state index in [4.69, 9.17) is 11.6 Å². The second-order valence-electron chi connectivity index (χ2n) is 4.88. The average Bonchev–Trinajstić information content (AvgIpc) is 2.12. The lowest BCUT2D eigenvalue weighted by Gasteiger charge is -2.18. The van der Waals surface area contributed by atoms with Crippen LogP contribution in [0.1, 0.15) is 33.5 Å². The highest BCUT2D eigenvalue weighted by Crippen LogP contribution is 2.22. The molecule has 0 radical (unpaired) electrons. The summed E-state index contributed by atoms with van der Waals surface area (Å²) in [6.45, 7) is 8.22. The molecule has 0 saturated heterocycles. The van der Waals surface area contributed by atoms with Crippen molar-refractivity contribution in [3.63, 3.8) is 0 Å². The third kappa shape index (κ3) is 3.94. The zero-order chi connectivity index (χ0) is 12.3. The zero-order valence-corrected chi connectivity index (χ0v) is 10.8. The monoisotopic (exact) mass is 243 g/mol. The van der Waals surface area contributed by atoms with E-state index < -0.39 is 6.10 Å². The molecule has 0 aliphatic carbocycles. The molecule has 4 nitrogen and oxygen atoms in total. The van der Waals surface area contributed by atoms with Gasteiger partial charge in [-0.05, 0) is 6.92 Å². The molecule has 1 atom stereocenters. The summed E-state index contributed by atoms with van der Waals surface area (Å²) in [6, 6.07) is 1.65. The summed E-state index contributed by atoms with van der Waals surface area (Å²) in [5.41, 5.74) is -0.147. The first-order valence-electron chi connectivity index (χ1n) is 5.26. The largest absolute Gasteiger partial charge is 0.392 e. The van der Waals surface area contributed by atoms with Crippen LogP contribution in [-0.2, 0) is 5.41 Å². The van der Waals surface area contributed by atoms with Gasteiger partial charge in [-0.3, -0.25) is 0 Å². The van der Waals surface area contributed by atoms with E-state index in [1.165, 1.54) is 0 Å². The fourth-order valence-electron chi connectivity index (χ4n) is 1.10. The molecule has 1 heterocycles. The van der Waals surface area contributed by atoms with Crippen LogP contribution in [-0.4, -0.2) is 27.7 Å². The third-order valence-corrected chi connectivity index (χ3v) is 2.14. The van der Waals surface area contributed by atoms with E-state index in [1.54, 1.807) is 13.0 Å². The molecule has 0 bridgehead atoms. The average molecular weight is 244 g/mol. The van der Waals surface area contributed by atoms with Gasteiger partial charge >= 0.3 is 0 Å². The van der Waals surface area contributed by atoms with Gasteiger partial charge in [-0.2, -0.15) is 0 Å². The van der Waals surface area contributed by atoms with Crippen molar-refractivity contribution in [1.29, 1.82) is 0 Å². The molecule has 1 unspecified atom stereocenters. The van der Waals surface area contributed by atoms with Crippen LogP contribution in [0.5, 0.6) is 0 Å². The molecule has 1 aromatic rings. The molecule has 0 fully saturated rings. The number of nitrogens with one attached hydrogen (secondary N) is 1. The van der Waals surface area contributed by atoms with Crippen molar-refractivity contribution in [1.82, 2.24) is 9.97 Å². The first kappa shape index (κ1) is 13.2. The Labute approximate surface area is 101 Å².